The number of nitrogens with zero attached hydrogens (tertiary/aromatic N) is 3. The molecule has 0 unspecified atom stereocenters. The van der Waals surface area contributed by atoms with E-state index in [0.29, 0.717) is 10.6 Å². The van der Waals surface area contributed by atoms with Gasteiger partial charge in [0.05, 0.1) is 17.3 Å². The van der Waals surface area contributed by atoms with Gasteiger partial charge in [-0.1, -0.05) is 35.9 Å². The monoisotopic (exact) mass is 387 g/mol. The van der Waals surface area contributed by atoms with Crippen molar-refractivity contribution in [1.29, 1.82) is 0 Å². The minimum absolute atomic E-state index is 0.0191. The van der Waals surface area contributed by atoms with Crippen LogP contribution in [-0.4, -0.2) is 28.7 Å². The molecule has 0 atom stereocenters. The highest BCUT2D eigenvalue weighted by molar-refractivity contribution is 7.16. The number of benzene rings is 1. The summed E-state index contributed by atoms with van der Waals surface area (Å²) in [6.45, 7) is 3.84. The van der Waals surface area contributed by atoms with E-state index in [1.807, 2.05) is 12.1 Å². The Labute approximate surface area is 160 Å². The van der Waals surface area contributed by atoms with Gasteiger partial charge in [0.1, 0.15) is 12.3 Å². The Kier molecular flexibility index (Phi) is 5.85. The molecule has 0 bridgehead atoms. The summed E-state index contributed by atoms with van der Waals surface area (Å²) in [5.74, 6) is -0.382. The summed E-state index contributed by atoms with van der Waals surface area (Å²) in [6.07, 6.45) is 3.22. The summed E-state index contributed by atoms with van der Waals surface area (Å²) >= 11 is 1.36. The summed E-state index contributed by atoms with van der Waals surface area (Å²) in [7, 11) is 1.33. The molecule has 2 heterocycles. The van der Waals surface area contributed by atoms with Gasteiger partial charge in [0, 0.05) is 6.07 Å². The highest BCUT2D eigenvalue weighted by Crippen LogP contribution is 2.21. The summed E-state index contributed by atoms with van der Waals surface area (Å²) in [6, 6.07) is 7.63. The molecule has 142 valence electrons. The molecule has 0 aliphatic rings. The molecule has 7 nitrogen and oxygen atoms in total. The fraction of sp³-hybridized carbons (Fsp3) is 0.368. The molecule has 3 aromatic rings. The van der Waals surface area contributed by atoms with Crippen LogP contribution in [0.25, 0.3) is 10.2 Å². The number of amides is 1. The van der Waals surface area contributed by atoms with Crippen LogP contribution in [0, 0.1) is 6.92 Å². The first-order valence-electron chi connectivity index (χ1n) is 8.73. The molecular formula is C19H21N3O4S. The van der Waals surface area contributed by atoms with Crippen molar-refractivity contribution in [2.45, 2.75) is 39.7 Å². The van der Waals surface area contributed by atoms with Crippen LogP contribution < -0.4 is 4.80 Å². The van der Waals surface area contributed by atoms with Crippen LogP contribution in [-0.2, 0) is 22.5 Å². The van der Waals surface area contributed by atoms with Gasteiger partial charge in [-0.25, -0.2) is 0 Å². The first-order valence-corrected chi connectivity index (χ1v) is 9.55. The average Bonchev–Trinajstić information content (AvgIpc) is 3.23. The number of methoxy groups -OCH3 is 1. The summed E-state index contributed by atoms with van der Waals surface area (Å²) in [5.41, 5.74) is 2.20. The highest BCUT2D eigenvalue weighted by Gasteiger charge is 2.14. The third kappa shape index (κ3) is 4.33. The number of ether oxygens (including phenoxy) is 1. The molecule has 0 fully saturated rings. The Bertz CT molecular complexity index is 1040. The molecule has 0 N–H and O–H groups in total. The van der Waals surface area contributed by atoms with Crippen molar-refractivity contribution < 1.29 is 18.8 Å². The van der Waals surface area contributed by atoms with Gasteiger partial charge in [0.2, 0.25) is 0 Å². The molecular weight excluding hydrogens is 366 g/mol. The Balaban J connectivity index is 2.08. The predicted molar refractivity (Wildman–Crippen MR) is 102 cm³/mol. The van der Waals surface area contributed by atoms with E-state index in [9.17, 15) is 9.59 Å². The van der Waals surface area contributed by atoms with Crippen LogP contribution in [0.1, 0.15) is 41.6 Å². The maximum absolute atomic E-state index is 12.4. The maximum Gasteiger partial charge on any atom is 0.325 e. The molecule has 2 aromatic heterocycles. The lowest BCUT2D eigenvalue weighted by atomic mass is 10.1. The fourth-order valence-corrected chi connectivity index (χ4v) is 3.79. The SMILES string of the molecule is CCCCc1ccc2c(c1)sc(=NC(=O)c1cc(C)on1)n2CC(=O)OC. The van der Waals surface area contributed by atoms with Gasteiger partial charge in [-0.05, 0) is 37.5 Å². The number of thiazole rings is 1. The lowest BCUT2D eigenvalue weighted by molar-refractivity contribution is -0.141. The molecule has 1 amide bonds. The number of esters is 1. The smallest absolute Gasteiger partial charge is 0.325 e. The minimum atomic E-state index is -0.511. The molecule has 0 saturated heterocycles. The molecule has 0 aliphatic heterocycles. The molecule has 0 saturated carbocycles. The Morgan fingerprint density at radius 3 is 2.81 bits per heavy atom. The lowest BCUT2D eigenvalue weighted by Crippen LogP contribution is -2.22. The van der Waals surface area contributed by atoms with Gasteiger partial charge in [-0.2, -0.15) is 4.99 Å². The molecule has 0 spiro atoms. The zero-order valence-electron chi connectivity index (χ0n) is 15.5. The maximum atomic E-state index is 12.4. The van der Waals surface area contributed by atoms with E-state index in [4.69, 9.17) is 9.26 Å². The first-order chi connectivity index (χ1) is 13.0. The molecule has 1 aromatic carbocycles. The quantitative estimate of drug-likeness (QED) is 0.606. The van der Waals surface area contributed by atoms with Crippen molar-refractivity contribution in [2.24, 2.45) is 4.99 Å². The molecule has 0 radical (unpaired) electrons. The number of hydrogen-bond donors (Lipinski definition) is 0. The average molecular weight is 387 g/mol. The van der Waals surface area contributed by atoms with Gasteiger partial charge >= 0.3 is 11.9 Å². The van der Waals surface area contributed by atoms with Gasteiger partial charge in [-0.3, -0.25) is 9.59 Å². The third-order valence-corrected chi connectivity index (χ3v) is 5.17. The number of carbonyl (C=O) groups is 2. The second-order valence-electron chi connectivity index (χ2n) is 6.19. The molecule has 0 aliphatic carbocycles. The van der Waals surface area contributed by atoms with E-state index in [2.05, 4.69) is 23.1 Å². The molecule has 3 rings (SSSR count). The normalized spacial score (nSPS) is 11.9. The van der Waals surface area contributed by atoms with E-state index >= 15 is 0 Å². The minimum Gasteiger partial charge on any atom is -0.468 e. The third-order valence-electron chi connectivity index (χ3n) is 4.13. The van der Waals surface area contributed by atoms with Crippen molar-refractivity contribution >= 4 is 33.4 Å². The van der Waals surface area contributed by atoms with Gasteiger partial charge in [-0.15, -0.1) is 0 Å². The zero-order chi connectivity index (χ0) is 19.4. The second kappa shape index (κ2) is 8.30. The first kappa shape index (κ1) is 19.0. The topological polar surface area (TPSA) is 86.7 Å². The molecule has 8 heteroatoms. The van der Waals surface area contributed by atoms with Crippen molar-refractivity contribution in [1.82, 2.24) is 9.72 Å². The Hall–Kier alpha value is -2.74. The van der Waals surface area contributed by atoms with Gasteiger partial charge < -0.3 is 13.8 Å². The summed E-state index contributed by atoms with van der Waals surface area (Å²) in [4.78, 5) is 28.9. The summed E-state index contributed by atoms with van der Waals surface area (Å²) in [5, 5.41) is 3.71. The van der Waals surface area contributed by atoms with Crippen LogP contribution in [0.3, 0.4) is 0 Å². The molecule has 27 heavy (non-hydrogen) atoms. The van der Waals surface area contributed by atoms with Crippen LogP contribution >= 0.6 is 11.3 Å². The van der Waals surface area contributed by atoms with Crippen molar-refractivity contribution in [3.8, 4) is 0 Å². The second-order valence-corrected chi connectivity index (χ2v) is 7.20. The van der Waals surface area contributed by atoms with Crippen molar-refractivity contribution in [3.05, 3.63) is 46.1 Å². The number of fused-ring (bicyclic) bond motifs is 1. The largest absolute Gasteiger partial charge is 0.468 e. The van der Waals surface area contributed by atoms with E-state index in [-0.39, 0.29) is 12.2 Å². The van der Waals surface area contributed by atoms with Crippen molar-refractivity contribution in [2.75, 3.05) is 7.11 Å². The van der Waals surface area contributed by atoms with E-state index < -0.39 is 11.9 Å². The standard InChI is InChI=1S/C19H21N3O4S/c1-4-5-6-13-7-8-15-16(10-13)27-19(22(15)11-17(23)25-3)20-18(24)14-9-12(2)26-21-14/h7-10H,4-6,11H2,1-3H3. The number of aryl methyl sites for hydroxylation is 2. The van der Waals surface area contributed by atoms with E-state index in [1.54, 1.807) is 11.5 Å². The number of hydrogen-bond acceptors (Lipinski definition) is 6. The van der Waals surface area contributed by atoms with E-state index in [0.717, 1.165) is 29.5 Å². The van der Waals surface area contributed by atoms with Crippen LogP contribution in [0.2, 0.25) is 0 Å². The number of rotatable bonds is 6. The van der Waals surface area contributed by atoms with Gasteiger partial charge in [0.15, 0.2) is 10.5 Å². The zero-order valence-corrected chi connectivity index (χ0v) is 16.3. The number of carbonyl (C=O) groups excluding carboxylic acids is 2. The number of aromatic nitrogens is 2. The lowest BCUT2D eigenvalue weighted by Gasteiger charge is -2.04. The summed E-state index contributed by atoms with van der Waals surface area (Å²) < 4.78 is 12.4. The van der Waals surface area contributed by atoms with E-state index in [1.165, 1.54) is 30.1 Å². The van der Waals surface area contributed by atoms with Crippen LogP contribution in [0.4, 0.5) is 0 Å². The van der Waals surface area contributed by atoms with Gasteiger partial charge in [0.25, 0.3) is 0 Å². The Morgan fingerprint density at radius 1 is 1.33 bits per heavy atom. The highest BCUT2D eigenvalue weighted by atomic mass is 32.1. The van der Waals surface area contributed by atoms with Crippen molar-refractivity contribution in [3.63, 3.8) is 0 Å². The number of unbranched alkanes of at least 4 members (excludes halogenated alkanes) is 1. The Morgan fingerprint density at radius 2 is 2.15 bits per heavy atom. The van der Waals surface area contributed by atoms with Crippen LogP contribution in [0.15, 0.2) is 33.8 Å². The van der Waals surface area contributed by atoms with Crippen LogP contribution in [0.5, 0.6) is 0 Å². The fourth-order valence-electron chi connectivity index (χ4n) is 2.70. The predicted octanol–water partition coefficient (Wildman–Crippen LogP) is 3.26.